The number of benzene rings is 4. The van der Waals surface area contributed by atoms with Crippen LogP contribution in [-0.4, -0.2) is 18.0 Å². The molecule has 7 aromatic rings. The van der Waals surface area contributed by atoms with Crippen LogP contribution in [0.3, 0.4) is 0 Å². The number of fused-ring (bicyclic) bond motifs is 3. The van der Waals surface area contributed by atoms with Gasteiger partial charge in [-0.25, -0.2) is 0 Å². The van der Waals surface area contributed by atoms with Gasteiger partial charge in [0.2, 0.25) is 0 Å². The van der Waals surface area contributed by atoms with Crippen molar-refractivity contribution in [3.05, 3.63) is 150 Å². The number of nitrogens with zero attached hydrogens (tertiary/aromatic N) is 2. The average molecular weight is 772 g/mol. The number of furan rings is 1. The van der Waals surface area contributed by atoms with E-state index in [9.17, 15) is 0 Å². The fourth-order valence-electron chi connectivity index (χ4n) is 4.84. The van der Waals surface area contributed by atoms with Crippen LogP contribution in [0.15, 0.2) is 126 Å². The van der Waals surface area contributed by atoms with Crippen molar-refractivity contribution in [2.45, 2.75) is 32.9 Å². The molecule has 0 aliphatic rings. The fourth-order valence-corrected chi connectivity index (χ4v) is 5.88. The van der Waals surface area contributed by atoms with Crippen LogP contribution in [0.2, 0.25) is 19.6 Å². The molecule has 0 saturated heterocycles. The van der Waals surface area contributed by atoms with Gasteiger partial charge in [-0.2, -0.15) is 0 Å². The molecule has 0 unspecified atom stereocenters. The van der Waals surface area contributed by atoms with Gasteiger partial charge in [-0.1, -0.05) is 104 Å². The van der Waals surface area contributed by atoms with Gasteiger partial charge in [-0.15, -0.1) is 53.6 Å². The summed E-state index contributed by atoms with van der Waals surface area (Å²) >= 11 is 0. The Morgan fingerprint density at radius 2 is 1.61 bits per heavy atom. The molecule has 0 N–H and O–H groups in total. The molecule has 0 atom stereocenters. The zero-order chi connectivity index (χ0) is 34.1. The van der Waals surface area contributed by atoms with E-state index < -0.39 is 21.3 Å². The minimum Gasteiger partial charge on any atom is -0.501 e. The monoisotopic (exact) mass is 772 g/mol. The number of rotatable bonds is 5. The summed E-state index contributed by atoms with van der Waals surface area (Å²) in [5.41, 5.74) is 5.11. The zero-order valence-electron chi connectivity index (χ0n) is 29.7. The van der Waals surface area contributed by atoms with Crippen LogP contribution in [0.25, 0.3) is 44.5 Å². The van der Waals surface area contributed by atoms with Crippen LogP contribution < -0.4 is 5.19 Å². The molecule has 0 aliphatic heterocycles. The second-order valence-corrected chi connectivity index (χ2v) is 16.3. The summed E-state index contributed by atoms with van der Waals surface area (Å²) in [5.74, 6) is 0. The van der Waals surface area contributed by atoms with Gasteiger partial charge in [0.25, 0.3) is 0 Å². The fraction of sp³-hybridized carbons (Fsp3) is 0.128. The standard InChI is InChI=1S/C25H18NO.C14H16NSi.Ir/c1-17-11-12-20(25-24(17)21-9-5-6-10-23(21)27-25)22-16-19(13-14-26-22)15-18-7-3-2-4-8-18;1-16(2,3)13-9-10-14(15-11-13)12-7-5-4-6-8-12;/h2-11,13-14,16H,15H2,1H3;4-7,9-11H,1-3H3;/q2*-1;/i1D3,15D2;;. The van der Waals surface area contributed by atoms with Gasteiger partial charge in [0.15, 0.2) is 0 Å². The maximum Gasteiger partial charge on any atom is 0.120 e. The molecule has 3 heterocycles. The first kappa shape index (κ1) is 25.2. The van der Waals surface area contributed by atoms with E-state index in [4.69, 9.17) is 11.3 Å². The van der Waals surface area contributed by atoms with E-state index in [0.29, 0.717) is 44.3 Å². The minimum absolute atomic E-state index is 0. The van der Waals surface area contributed by atoms with Gasteiger partial charge in [0, 0.05) is 44.7 Å². The first-order valence-electron chi connectivity index (χ1n) is 16.7. The molecule has 4 aromatic carbocycles. The van der Waals surface area contributed by atoms with Crippen molar-refractivity contribution in [3.8, 4) is 22.5 Å². The first-order chi connectivity index (χ1) is 22.8. The number of hydrogen-bond donors (Lipinski definition) is 0. The molecule has 221 valence electrons. The minimum atomic E-state index is -2.33. The van der Waals surface area contributed by atoms with E-state index in [-0.39, 0.29) is 25.7 Å². The van der Waals surface area contributed by atoms with Gasteiger partial charge in [-0.3, -0.25) is 0 Å². The predicted octanol–water partition coefficient (Wildman–Crippen LogP) is 9.44. The van der Waals surface area contributed by atoms with Crippen LogP contribution >= 0.6 is 0 Å². The van der Waals surface area contributed by atoms with Crippen LogP contribution in [0, 0.1) is 19.0 Å². The SMILES string of the molecule is C[Si](C)(C)c1ccc(-c2[c-]cccc2)nc1.[2H]C([2H])([2H])c1c[c-]c(-c2cc(C([2H])([2H])c3ccccc3)ccn2)c2oc3ccccc3c12.[Ir]. The molecule has 0 fully saturated rings. The van der Waals surface area contributed by atoms with Crippen LogP contribution in [0.5, 0.6) is 0 Å². The molecule has 5 heteroatoms. The second-order valence-electron chi connectivity index (χ2n) is 11.3. The molecule has 0 spiro atoms. The number of hydrogen-bond acceptors (Lipinski definition) is 3. The Hall–Kier alpha value is -4.15. The van der Waals surface area contributed by atoms with E-state index in [0.717, 1.165) is 11.3 Å². The van der Waals surface area contributed by atoms with E-state index in [1.807, 2.05) is 54.7 Å². The second kappa shape index (κ2) is 13.6. The Bertz CT molecular complexity index is 2180. The Labute approximate surface area is 281 Å². The smallest absolute Gasteiger partial charge is 0.120 e. The van der Waals surface area contributed by atoms with Crippen molar-refractivity contribution in [2.75, 3.05) is 0 Å². The largest absolute Gasteiger partial charge is 0.501 e. The summed E-state index contributed by atoms with van der Waals surface area (Å²) in [7, 11) is -1.23. The number of aromatic nitrogens is 2. The van der Waals surface area contributed by atoms with E-state index >= 15 is 0 Å². The number of pyridine rings is 2. The third kappa shape index (κ3) is 6.97. The van der Waals surface area contributed by atoms with Gasteiger partial charge >= 0.3 is 0 Å². The predicted molar refractivity (Wildman–Crippen MR) is 181 cm³/mol. The molecule has 44 heavy (non-hydrogen) atoms. The summed E-state index contributed by atoms with van der Waals surface area (Å²) in [5, 5.41) is 2.61. The number of para-hydroxylation sites is 1. The van der Waals surface area contributed by atoms with E-state index in [1.54, 1.807) is 48.7 Å². The summed E-state index contributed by atoms with van der Waals surface area (Å²) in [6, 6.07) is 39.5. The van der Waals surface area contributed by atoms with Crippen molar-refractivity contribution in [3.63, 3.8) is 0 Å². The van der Waals surface area contributed by atoms with Gasteiger partial charge in [0.05, 0.1) is 13.7 Å². The maximum absolute atomic E-state index is 8.67. The van der Waals surface area contributed by atoms with Crippen molar-refractivity contribution in [2.24, 2.45) is 0 Å². The Morgan fingerprint density at radius 3 is 2.34 bits per heavy atom. The third-order valence-electron chi connectivity index (χ3n) is 7.15. The Kier molecular flexibility index (Phi) is 7.82. The molecule has 0 amide bonds. The van der Waals surface area contributed by atoms with Gasteiger partial charge in [0.1, 0.15) is 5.58 Å². The van der Waals surface area contributed by atoms with Crippen molar-refractivity contribution in [1.29, 1.82) is 0 Å². The quantitative estimate of drug-likeness (QED) is 0.129. The molecule has 0 saturated carbocycles. The van der Waals surface area contributed by atoms with Crippen LogP contribution in [0.4, 0.5) is 0 Å². The summed E-state index contributed by atoms with van der Waals surface area (Å²) in [4.78, 5) is 8.95. The molecule has 0 aliphatic carbocycles. The maximum atomic E-state index is 8.67. The van der Waals surface area contributed by atoms with E-state index in [2.05, 4.69) is 53.9 Å². The molecule has 0 bridgehead atoms. The molecule has 1 radical (unpaired) electrons. The summed E-state index contributed by atoms with van der Waals surface area (Å²) in [6.45, 7) is 4.66. The van der Waals surface area contributed by atoms with E-state index in [1.165, 1.54) is 11.3 Å². The third-order valence-corrected chi connectivity index (χ3v) is 9.17. The molecule has 3 nitrogen and oxygen atoms in total. The number of aryl methyl sites for hydroxylation is 1. The van der Waals surface area contributed by atoms with Crippen molar-refractivity contribution >= 4 is 35.2 Å². The average Bonchev–Trinajstić information content (AvgIpc) is 3.48. The Balaban J connectivity index is 0.000000233. The molecule has 3 aromatic heterocycles. The molecule has 7 rings (SSSR count). The molecular weight excluding hydrogens is 733 g/mol. The van der Waals surface area contributed by atoms with Crippen LogP contribution in [-0.2, 0) is 26.5 Å². The Morgan fingerprint density at radius 1 is 0.818 bits per heavy atom. The first-order valence-corrected chi connectivity index (χ1v) is 17.7. The van der Waals surface area contributed by atoms with Crippen molar-refractivity contribution < 1.29 is 31.4 Å². The summed E-state index contributed by atoms with van der Waals surface area (Å²) in [6.07, 6.45) is 1.83. The normalized spacial score (nSPS) is 13.4. The summed E-state index contributed by atoms with van der Waals surface area (Å²) < 4.78 is 47.3. The van der Waals surface area contributed by atoms with Gasteiger partial charge < -0.3 is 14.4 Å². The zero-order valence-corrected chi connectivity index (χ0v) is 28.1. The van der Waals surface area contributed by atoms with Crippen LogP contribution in [0.1, 0.15) is 23.5 Å². The topological polar surface area (TPSA) is 38.9 Å². The van der Waals surface area contributed by atoms with Crippen molar-refractivity contribution in [1.82, 2.24) is 9.97 Å². The molecular formula is C39H34IrN2OSi-2. The van der Waals surface area contributed by atoms with Gasteiger partial charge in [-0.05, 0) is 46.2 Å².